The highest BCUT2D eigenvalue weighted by atomic mass is 16.5. The number of ether oxygens (including phenoxy) is 1. The molecule has 2 aliphatic rings. The van der Waals surface area contributed by atoms with Gasteiger partial charge in [0.1, 0.15) is 17.5 Å². The predicted octanol–water partition coefficient (Wildman–Crippen LogP) is 7.52. The number of nitrogens with one attached hydrogen (secondary N) is 1. The van der Waals surface area contributed by atoms with Gasteiger partial charge in [0.15, 0.2) is 0 Å². The quantitative estimate of drug-likeness (QED) is 0.145. The van der Waals surface area contributed by atoms with Gasteiger partial charge in [-0.05, 0) is 72.9 Å². The lowest BCUT2D eigenvalue weighted by molar-refractivity contribution is -0.135. The number of primary amides is 1. The van der Waals surface area contributed by atoms with Crippen LogP contribution in [0.5, 0.6) is 11.5 Å². The fourth-order valence-electron chi connectivity index (χ4n) is 7.22. The van der Waals surface area contributed by atoms with Gasteiger partial charge in [-0.15, -0.1) is 6.58 Å². The molecule has 3 atom stereocenters. The lowest BCUT2D eigenvalue weighted by Gasteiger charge is -2.30. The molecule has 3 unspecified atom stereocenters. The van der Waals surface area contributed by atoms with Gasteiger partial charge in [0.2, 0.25) is 11.8 Å². The highest BCUT2D eigenvalue weighted by molar-refractivity contribution is 6.04. The van der Waals surface area contributed by atoms with Crippen molar-refractivity contribution in [1.82, 2.24) is 5.32 Å². The van der Waals surface area contributed by atoms with Crippen LogP contribution in [-0.2, 0) is 20.9 Å². The summed E-state index contributed by atoms with van der Waals surface area (Å²) in [6.45, 7) is 4.29. The van der Waals surface area contributed by atoms with Gasteiger partial charge in [0, 0.05) is 5.69 Å². The largest absolute Gasteiger partial charge is 0.457 e. The molecule has 0 bridgehead atoms. The molecule has 1 fully saturated rings. The van der Waals surface area contributed by atoms with Crippen molar-refractivity contribution in [3.63, 3.8) is 0 Å². The highest BCUT2D eigenvalue weighted by Gasteiger charge is 2.39. The zero-order chi connectivity index (χ0) is 34.2. The third-order valence-corrected chi connectivity index (χ3v) is 9.67. The topological polar surface area (TPSA) is 105 Å². The Bertz CT molecular complexity index is 1760. The van der Waals surface area contributed by atoms with E-state index >= 15 is 0 Å². The Morgan fingerprint density at radius 1 is 0.857 bits per heavy atom. The van der Waals surface area contributed by atoms with Crippen LogP contribution in [0.1, 0.15) is 44.1 Å². The Balaban J connectivity index is 1.35. The number of nitrogens with zero attached hydrogens (tertiary/aromatic N) is 2. The summed E-state index contributed by atoms with van der Waals surface area (Å²) in [5.41, 5.74) is 9.22. The summed E-state index contributed by atoms with van der Waals surface area (Å²) in [6, 6.07) is 34.0. The van der Waals surface area contributed by atoms with E-state index in [2.05, 4.69) is 16.8 Å². The van der Waals surface area contributed by atoms with Gasteiger partial charge in [-0.2, -0.15) is 0 Å². The van der Waals surface area contributed by atoms with Crippen LogP contribution >= 0.6 is 0 Å². The number of carbonyl (C=O) groups is 3. The molecular formula is C41H44N4O4. The normalized spacial score (nSPS) is 17.5. The fraction of sp³-hybridized carbons (Fsp3) is 0.293. The molecule has 0 saturated heterocycles. The molecule has 1 saturated carbocycles. The lowest BCUT2D eigenvalue weighted by Crippen LogP contribution is -2.54. The molecule has 8 nitrogen and oxygen atoms in total. The van der Waals surface area contributed by atoms with Crippen LogP contribution in [0.15, 0.2) is 122 Å². The maximum absolute atomic E-state index is 14.7. The highest BCUT2D eigenvalue weighted by Crippen LogP contribution is 2.39. The van der Waals surface area contributed by atoms with E-state index in [1.54, 1.807) is 11.0 Å². The van der Waals surface area contributed by atoms with Crippen molar-refractivity contribution in [3.05, 3.63) is 127 Å². The molecule has 8 heteroatoms. The summed E-state index contributed by atoms with van der Waals surface area (Å²) in [5, 5.41) is 3.13. The van der Waals surface area contributed by atoms with E-state index in [1.807, 2.05) is 109 Å². The van der Waals surface area contributed by atoms with Crippen molar-refractivity contribution in [1.29, 1.82) is 0 Å². The number of rotatable bonds is 13. The number of para-hydroxylation sites is 4. The zero-order valence-electron chi connectivity index (χ0n) is 27.7. The SMILES string of the molecule is C=CCC(C(N)=O)C(CC1CCCC1)C(=O)NC1CN(c2ccccc2)c2ccccc2N(Cc2cccc(Oc3ccccc3)c2)C1=O. The molecule has 1 aliphatic heterocycles. The number of hydrogen-bond acceptors (Lipinski definition) is 5. The molecule has 0 aromatic heterocycles. The van der Waals surface area contributed by atoms with Gasteiger partial charge >= 0.3 is 0 Å². The van der Waals surface area contributed by atoms with E-state index in [0.29, 0.717) is 24.5 Å². The second kappa shape index (κ2) is 15.7. The second-order valence-electron chi connectivity index (χ2n) is 13.0. The molecule has 4 aromatic rings. The molecule has 1 heterocycles. The minimum absolute atomic E-state index is 0.206. The molecule has 252 valence electrons. The van der Waals surface area contributed by atoms with Crippen LogP contribution in [0.25, 0.3) is 0 Å². The fourth-order valence-corrected chi connectivity index (χ4v) is 7.22. The van der Waals surface area contributed by atoms with E-state index in [1.165, 1.54) is 0 Å². The van der Waals surface area contributed by atoms with Crippen LogP contribution in [0.4, 0.5) is 17.1 Å². The summed E-state index contributed by atoms with van der Waals surface area (Å²) < 4.78 is 6.11. The third kappa shape index (κ3) is 8.03. The Labute approximate surface area is 288 Å². The van der Waals surface area contributed by atoms with Crippen molar-refractivity contribution in [2.24, 2.45) is 23.5 Å². The van der Waals surface area contributed by atoms with Crippen LogP contribution in [0.3, 0.4) is 0 Å². The number of benzene rings is 4. The summed E-state index contributed by atoms with van der Waals surface area (Å²) in [6.07, 6.45) is 6.75. The predicted molar refractivity (Wildman–Crippen MR) is 194 cm³/mol. The van der Waals surface area contributed by atoms with Crippen molar-refractivity contribution >= 4 is 34.8 Å². The van der Waals surface area contributed by atoms with Crippen molar-refractivity contribution in [2.75, 3.05) is 16.3 Å². The summed E-state index contributed by atoms with van der Waals surface area (Å²) in [5.74, 6) is -0.755. The Hall–Kier alpha value is -5.37. The number of amides is 3. The average molecular weight is 657 g/mol. The smallest absolute Gasteiger partial charge is 0.251 e. The summed E-state index contributed by atoms with van der Waals surface area (Å²) in [4.78, 5) is 45.6. The van der Waals surface area contributed by atoms with E-state index in [9.17, 15) is 14.4 Å². The minimum atomic E-state index is -0.910. The molecule has 0 radical (unpaired) electrons. The first-order valence-corrected chi connectivity index (χ1v) is 17.2. The van der Waals surface area contributed by atoms with Crippen LogP contribution in [0, 0.1) is 17.8 Å². The molecule has 3 N–H and O–H groups in total. The maximum Gasteiger partial charge on any atom is 0.251 e. The first-order valence-electron chi connectivity index (χ1n) is 17.2. The van der Waals surface area contributed by atoms with Gasteiger partial charge in [-0.25, -0.2) is 0 Å². The molecule has 0 spiro atoms. The second-order valence-corrected chi connectivity index (χ2v) is 13.0. The summed E-state index contributed by atoms with van der Waals surface area (Å²) >= 11 is 0. The first-order chi connectivity index (χ1) is 23.9. The number of anilines is 3. The minimum Gasteiger partial charge on any atom is -0.457 e. The van der Waals surface area contributed by atoms with Gasteiger partial charge in [0.05, 0.1) is 36.3 Å². The molecule has 1 aliphatic carbocycles. The lowest BCUT2D eigenvalue weighted by atomic mass is 9.80. The number of carbonyl (C=O) groups excluding carboxylic acids is 3. The average Bonchev–Trinajstić information content (AvgIpc) is 3.61. The summed E-state index contributed by atoms with van der Waals surface area (Å²) in [7, 11) is 0. The van der Waals surface area contributed by atoms with Crippen LogP contribution in [-0.4, -0.2) is 30.3 Å². The van der Waals surface area contributed by atoms with E-state index in [-0.39, 0.29) is 24.9 Å². The van der Waals surface area contributed by atoms with Gasteiger partial charge in [-0.1, -0.05) is 92.4 Å². The van der Waals surface area contributed by atoms with E-state index in [4.69, 9.17) is 10.5 Å². The molecule has 49 heavy (non-hydrogen) atoms. The number of allylic oxidation sites excluding steroid dienone is 1. The Morgan fingerprint density at radius 2 is 1.51 bits per heavy atom. The van der Waals surface area contributed by atoms with Crippen molar-refractivity contribution in [2.45, 2.75) is 51.1 Å². The van der Waals surface area contributed by atoms with Gasteiger partial charge in [0.25, 0.3) is 5.91 Å². The number of nitrogens with two attached hydrogens (primary N) is 1. The van der Waals surface area contributed by atoms with Crippen LogP contribution in [0.2, 0.25) is 0 Å². The van der Waals surface area contributed by atoms with Gasteiger partial charge < -0.3 is 25.6 Å². The monoisotopic (exact) mass is 656 g/mol. The van der Waals surface area contributed by atoms with Crippen LogP contribution < -0.4 is 25.6 Å². The zero-order valence-corrected chi connectivity index (χ0v) is 27.7. The molecule has 4 aromatic carbocycles. The number of hydrogen-bond donors (Lipinski definition) is 2. The van der Waals surface area contributed by atoms with E-state index < -0.39 is 23.8 Å². The number of fused-ring (bicyclic) bond motifs is 1. The van der Waals surface area contributed by atoms with Gasteiger partial charge in [-0.3, -0.25) is 14.4 Å². The Morgan fingerprint density at radius 3 is 2.20 bits per heavy atom. The molecule has 3 amide bonds. The van der Waals surface area contributed by atoms with E-state index in [0.717, 1.165) is 54.1 Å². The molecular weight excluding hydrogens is 612 g/mol. The third-order valence-electron chi connectivity index (χ3n) is 9.67. The van der Waals surface area contributed by atoms with Crippen molar-refractivity contribution in [3.8, 4) is 11.5 Å². The van der Waals surface area contributed by atoms with Crippen molar-refractivity contribution < 1.29 is 19.1 Å². The maximum atomic E-state index is 14.7. The standard InChI is InChI=1S/C41H44N4O4/c1-2-14-34(39(42)46)35(26-29-15-9-10-16-29)40(47)43-36-28-44(31-18-5-3-6-19-31)37-23-11-12-24-38(37)45(41(36)48)27-30-17-13-22-33(25-30)49-32-20-7-4-8-21-32/h2-8,11-13,17-25,29,34-36H,1,9-10,14-16,26-28H2,(H2,42,46)(H,43,47). The molecule has 6 rings (SSSR count). The first kappa shape index (κ1) is 33.5. The Kier molecular flexibility index (Phi) is 10.7.